The highest BCUT2D eigenvalue weighted by Gasteiger charge is 2.28. The van der Waals surface area contributed by atoms with Gasteiger partial charge >= 0.3 is 25.7 Å². The maximum absolute atomic E-state index is 12.8. The number of aliphatic hydroxyl groups is 1. The van der Waals surface area contributed by atoms with Crippen LogP contribution >= 0.6 is 7.82 Å². The van der Waals surface area contributed by atoms with Crippen LogP contribution in [-0.4, -0.2) is 66.5 Å². The summed E-state index contributed by atoms with van der Waals surface area (Å²) in [7, 11) is -4.76. The zero-order valence-electron chi connectivity index (χ0n) is 43.9. The maximum Gasteiger partial charge on any atom is 0.472 e. The molecule has 0 aromatic heterocycles. The number of unbranched alkanes of at least 4 members (excludes halogenated alkanes) is 16. The minimum Gasteiger partial charge on any atom is -0.462 e. The molecule has 3 atom stereocenters. The molecule has 0 fully saturated rings. The molecule has 12 heteroatoms. The summed E-state index contributed by atoms with van der Waals surface area (Å²) in [5.74, 6) is -1.56. The first kappa shape index (κ1) is 66.4. The number of aliphatic hydroxyl groups excluding tert-OH is 1. The minimum atomic E-state index is -4.76. The second-order valence-electron chi connectivity index (χ2n) is 17.6. The Hall–Kier alpha value is -3.60. The van der Waals surface area contributed by atoms with Gasteiger partial charge in [-0.25, -0.2) is 4.57 Å². The van der Waals surface area contributed by atoms with Gasteiger partial charge in [0.1, 0.15) is 12.7 Å². The molecule has 0 saturated carbocycles. The van der Waals surface area contributed by atoms with Crippen molar-refractivity contribution in [2.45, 2.75) is 226 Å². The van der Waals surface area contributed by atoms with Gasteiger partial charge in [0.15, 0.2) is 6.10 Å². The average molecular weight is 1000 g/mol. The number of phosphoric ester groups is 1. The third-order valence-electron chi connectivity index (χ3n) is 11.0. The smallest absolute Gasteiger partial charge is 0.462 e. The first-order chi connectivity index (χ1) is 34.2. The van der Waals surface area contributed by atoms with E-state index >= 15 is 0 Å². The number of hydrogen-bond acceptors (Lipinski definition) is 10. The van der Waals surface area contributed by atoms with E-state index in [0.717, 1.165) is 103 Å². The Labute approximate surface area is 425 Å². The number of hydrogen-bond donors (Lipinski definition) is 2. The van der Waals surface area contributed by atoms with E-state index in [1.54, 1.807) is 0 Å². The molecule has 0 aliphatic heterocycles. The van der Waals surface area contributed by atoms with Crippen LogP contribution in [0, 0.1) is 0 Å². The highest BCUT2D eigenvalue weighted by Crippen LogP contribution is 2.43. The van der Waals surface area contributed by atoms with Gasteiger partial charge in [-0.15, -0.1) is 0 Å². The largest absolute Gasteiger partial charge is 0.472 e. The van der Waals surface area contributed by atoms with Crippen LogP contribution in [0.1, 0.15) is 213 Å². The van der Waals surface area contributed by atoms with Gasteiger partial charge < -0.3 is 24.2 Å². The van der Waals surface area contributed by atoms with Crippen LogP contribution in [0.3, 0.4) is 0 Å². The van der Waals surface area contributed by atoms with Crippen LogP contribution < -0.4 is 0 Å². The average Bonchev–Trinajstić information content (AvgIpc) is 3.35. The van der Waals surface area contributed by atoms with E-state index in [2.05, 4.69) is 106 Å². The van der Waals surface area contributed by atoms with Crippen molar-refractivity contribution in [1.29, 1.82) is 0 Å². The summed E-state index contributed by atoms with van der Waals surface area (Å²) in [5, 5.41) is 9.76. The number of rotatable bonds is 49. The first-order valence-electron chi connectivity index (χ1n) is 27.1. The summed E-state index contributed by atoms with van der Waals surface area (Å²) in [5.41, 5.74) is 0. The fraction of sp³-hybridized carbons (Fsp3) is 0.672. The summed E-state index contributed by atoms with van der Waals surface area (Å²) in [6, 6.07) is 0. The van der Waals surface area contributed by atoms with Crippen LogP contribution in [0.2, 0.25) is 0 Å². The molecule has 0 amide bonds. The molecule has 0 spiro atoms. The summed E-state index contributed by atoms with van der Waals surface area (Å²) in [4.78, 5) is 48.3. The van der Waals surface area contributed by atoms with E-state index in [0.29, 0.717) is 25.7 Å². The van der Waals surface area contributed by atoms with Crippen molar-refractivity contribution in [3.63, 3.8) is 0 Å². The van der Waals surface area contributed by atoms with Crippen molar-refractivity contribution in [2.24, 2.45) is 0 Å². The van der Waals surface area contributed by atoms with Crippen molar-refractivity contribution in [2.75, 3.05) is 26.4 Å². The van der Waals surface area contributed by atoms with E-state index < -0.39 is 57.8 Å². The molecule has 70 heavy (non-hydrogen) atoms. The molecule has 0 aliphatic carbocycles. The van der Waals surface area contributed by atoms with Crippen LogP contribution in [0.5, 0.6) is 0 Å². The molecule has 0 aromatic carbocycles. The number of carbonyl (C=O) groups excluding carboxylic acids is 3. The molecular formula is C58H97O11P. The topological polar surface area (TPSA) is 155 Å². The number of carbonyl (C=O) groups is 3. The van der Waals surface area contributed by atoms with Gasteiger partial charge in [-0.05, 0) is 89.9 Å². The van der Waals surface area contributed by atoms with Crippen LogP contribution in [0.15, 0.2) is 97.2 Å². The first-order valence-corrected chi connectivity index (χ1v) is 28.6. The molecule has 0 radical (unpaired) electrons. The predicted octanol–water partition coefficient (Wildman–Crippen LogP) is 15.7. The van der Waals surface area contributed by atoms with Gasteiger partial charge in [-0.1, -0.05) is 201 Å². The highest BCUT2D eigenvalue weighted by atomic mass is 31.2. The molecule has 0 heterocycles. The summed E-state index contributed by atoms with van der Waals surface area (Å²) in [6.07, 6.45) is 59.6. The van der Waals surface area contributed by atoms with Crippen LogP contribution in [-0.2, 0) is 42.2 Å². The standard InChI is InChI=1S/C58H97O11P/c1-4-7-10-13-16-19-21-23-25-27-29-31-33-36-38-41-44-47-56(60)65-51-55(69-58(62)49-46-43-40-37-34-32-30-28-26-24-22-20-17-14-11-8-5-2)53-67-70(63,64)66-52-54(50-59)68-57(61)48-45-42-39-35-18-15-12-9-6-3/h7-8,10-11,16-17,19-20,23-26,30,32,37,40,54-55,59H,4-6,9,12-15,18,21-22,27-29,31,33-36,38-39,41-53H2,1-3H3,(H,63,64)/b10-7-,11-8-,19-16-,20-17-,25-23-,26-24-,32-30-,40-37-. The van der Waals surface area contributed by atoms with E-state index in [1.165, 1.54) is 44.9 Å². The molecule has 0 saturated heterocycles. The molecule has 0 rings (SSSR count). The van der Waals surface area contributed by atoms with Gasteiger partial charge in [0.2, 0.25) is 0 Å². The lowest BCUT2D eigenvalue weighted by molar-refractivity contribution is -0.161. The Morgan fingerprint density at radius 1 is 0.414 bits per heavy atom. The quantitative estimate of drug-likeness (QED) is 0.0197. The van der Waals surface area contributed by atoms with Crippen LogP contribution in [0.25, 0.3) is 0 Å². The van der Waals surface area contributed by atoms with Crippen molar-refractivity contribution in [1.82, 2.24) is 0 Å². The zero-order chi connectivity index (χ0) is 51.3. The summed E-state index contributed by atoms with van der Waals surface area (Å²) in [6.45, 7) is 4.30. The van der Waals surface area contributed by atoms with Crippen molar-refractivity contribution in [3.8, 4) is 0 Å². The Morgan fingerprint density at radius 3 is 1.20 bits per heavy atom. The van der Waals surface area contributed by atoms with Gasteiger partial charge in [0.05, 0.1) is 19.8 Å². The molecule has 0 aromatic rings. The van der Waals surface area contributed by atoms with Crippen LogP contribution in [0.4, 0.5) is 0 Å². The summed E-state index contributed by atoms with van der Waals surface area (Å²) < 4.78 is 39.3. The number of ether oxygens (including phenoxy) is 3. The second kappa shape index (κ2) is 51.7. The Balaban J connectivity index is 4.85. The van der Waals surface area contributed by atoms with Crippen molar-refractivity contribution >= 4 is 25.7 Å². The van der Waals surface area contributed by atoms with Gasteiger partial charge in [-0.2, -0.15) is 0 Å². The number of esters is 3. The SMILES string of the molecule is CC/C=C\C/C=C\C/C=C\C/C=C\C/C=C\CCCC(=O)OC(COC(=O)CCCCCCCCC/C=C\C/C=C\C/C=C\CC)COP(=O)(O)OCC(CO)OC(=O)CCCCCCCCCCC. The zero-order valence-corrected chi connectivity index (χ0v) is 44.8. The lowest BCUT2D eigenvalue weighted by atomic mass is 10.1. The van der Waals surface area contributed by atoms with E-state index in [4.69, 9.17) is 23.3 Å². The van der Waals surface area contributed by atoms with Gasteiger partial charge in [0, 0.05) is 19.3 Å². The third-order valence-corrected chi connectivity index (χ3v) is 12.0. The fourth-order valence-corrected chi connectivity index (χ4v) is 7.72. The Bertz CT molecular complexity index is 1540. The van der Waals surface area contributed by atoms with Gasteiger partial charge in [0.25, 0.3) is 0 Å². The Kier molecular flexibility index (Phi) is 49.1. The van der Waals surface area contributed by atoms with E-state index in [1.807, 2.05) is 12.2 Å². The minimum absolute atomic E-state index is 0.0837. The molecule has 3 unspecified atom stereocenters. The van der Waals surface area contributed by atoms with E-state index in [9.17, 15) is 28.9 Å². The van der Waals surface area contributed by atoms with Crippen molar-refractivity contribution in [3.05, 3.63) is 97.2 Å². The highest BCUT2D eigenvalue weighted by molar-refractivity contribution is 7.47. The molecule has 400 valence electrons. The number of allylic oxidation sites excluding steroid dienone is 16. The monoisotopic (exact) mass is 1000 g/mol. The number of phosphoric acid groups is 1. The Morgan fingerprint density at radius 2 is 0.757 bits per heavy atom. The summed E-state index contributed by atoms with van der Waals surface area (Å²) >= 11 is 0. The normalized spacial score (nSPS) is 14.2. The fourth-order valence-electron chi connectivity index (χ4n) is 6.93. The molecular weight excluding hydrogens is 904 g/mol. The van der Waals surface area contributed by atoms with E-state index in [-0.39, 0.29) is 25.9 Å². The lowest BCUT2D eigenvalue weighted by Gasteiger charge is -2.21. The molecule has 0 aliphatic rings. The maximum atomic E-state index is 12.8. The third kappa shape index (κ3) is 49.4. The molecule has 0 bridgehead atoms. The van der Waals surface area contributed by atoms with Gasteiger partial charge in [-0.3, -0.25) is 23.4 Å². The lowest BCUT2D eigenvalue weighted by Crippen LogP contribution is -2.30. The second-order valence-corrected chi connectivity index (χ2v) is 19.1. The predicted molar refractivity (Wildman–Crippen MR) is 288 cm³/mol. The molecule has 11 nitrogen and oxygen atoms in total. The van der Waals surface area contributed by atoms with Crippen molar-refractivity contribution < 1.29 is 52.2 Å². The molecule has 2 N–H and O–H groups in total.